The molecule has 0 aliphatic carbocycles. The quantitative estimate of drug-likeness (QED) is 0.118. The number of carboxylic acid groups (broad SMARTS) is 3. The average Bonchev–Trinajstić information content (AvgIpc) is 2.66. The van der Waals surface area contributed by atoms with Crippen LogP contribution in [-0.4, -0.2) is 86.6 Å². The fourth-order valence-corrected chi connectivity index (χ4v) is 2.50. The van der Waals surface area contributed by atoms with E-state index in [1.165, 1.54) is 0 Å². The van der Waals surface area contributed by atoms with Gasteiger partial charge in [-0.15, -0.1) is 0 Å². The van der Waals surface area contributed by atoms with Crippen molar-refractivity contribution in [2.75, 3.05) is 11.5 Å². The molecule has 13 nitrogen and oxygen atoms in total. The Hall–Kier alpha value is -2.52. The Morgan fingerprint density at radius 3 is 1.63 bits per heavy atom. The molecular weight excluding hydrogens is 444 g/mol. The molecule has 8 N–H and O–H groups in total. The number of aliphatic carboxylic acids is 3. The van der Waals surface area contributed by atoms with Gasteiger partial charge in [0.15, 0.2) is 0 Å². The first-order valence-corrected chi connectivity index (χ1v) is 9.74. The lowest BCUT2D eigenvalue weighted by molar-refractivity contribution is -0.143. The minimum absolute atomic E-state index is 0.188. The fourth-order valence-electron chi connectivity index (χ4n) is 2.00. The van der Waals surface area contributed by atoms with Gasteiger partial charge in [0, 0.05) is 17.9 Å². The highest BCUT2D eigenvalue weighted by Crippen LogP contribution is 2.01. The zero-order valence-electron chi connectivity index (χ0n) is 15.6. The standard InChI is InChI=1S/C15H24N4O9S2/c16-6(1-2-10(20)21)12(24)18-8(4-29)14(26)17-7(3-11(22)23)13(25)19-9(5-30)15(27)28/h6-9,29-30H,1-5,16H2,(H,17,26)(H,18,24)(H,19,25)(H,20,21)(H,22,23)(H,27,28). The van der Waals surface area contributed by atoms with Gasteiger partial charge in [-0.3, -0.25) is 24.0 Å². The Balaban J connectivity index is 5.14. The van der Waals surface area contributed by atoms with Crippen molar-refractivity contribution in [3.8, 4) is 0 Å². The molecule has 30 heavy (non-hydrogen) atoms. The van der Waals surface area contributed by atoms with E-state index >= 15 is 0 Å². The Labute approximate surface area is 181 Å². The van der Waals surface area contributed by atoms with Gasteiger partial charge < -0.3 is 37.0 Å². The van der Waals surface area contributed by atoms with Crippen LogP contribution in [0.2, 0.25) is 0 Å². The van der Waals surface area contributed by atoms with Crippen molar-refractivity contribution in [3.05, 3.63) is 0 Å². The van der Waals surface area contributed by atoms with Gasteiger partial charge in [0.2, 0.25) is 17.7 Å². The summed E-state index contributed by atoms with van der Waals surface area (Å²) in [4.78, 5) is 69.1. The first-order chi connectivity index (χ1) is 13.9. The summed E-state index contributed by atoms with van der Waals surface area (Å²) >= 11 is 7.68. The molecule has 0 rings (SSSR count). The maximum absolute atomic E-state index is 12.4. The lowest BCUT2D eigenvalue weighted by Gasteiger charge is -2.23. The van der Waals surface area contributed by atoms with Gasteiger partial charge in [-0.2, -0.15) is 25.3 Å². The molecule has 0 fully saturated rings. The van der Waals surface area contributed by atoms with Gasteiger partial charge >= 0.3 is 17.9 Å². The molecule has 170 valence electrons. The number of hydrogen-bond acceptors (Lipinski definition) is 9. The van der Waals surface area contributed by atoms with E-state index in [9.17, 15) is 28.8 Å². The maximum Gasteiger partial charge on any atom is 0.327 e. The Morgan fingerprint density at radius 2 is 1.20 bits per heavy atom. The molecule has 4 atom stereocenters. The van der Waals surface area contributed by atoms with Crippen LogP contribution in [0.1, 0.15) is 19.3 Å². The van der Waals surface area contributed by atoms with E-state index < -0.39 is 66.2 Å². The van der Waals surface area contributed by atoms with Crippen LogP contribution in [0.15, 0.2) is 0 Å². The summed E-state index contributed by atoms with van der Waals surface area (Å²) in [6.45, 7) is 0. The van der Waals surface area contributed by atoms with Gasteiger partial charge in [0.25, 0.3) is 0 Å². The summed E-state index contributed by atoms with van der Waals surface area (Å²) in [7, 11) is 0. The van der Waals surface area contributed by atoms with Crippen molar-refractivity contribution >= 4 is 60.9 Å². The molecule has 0 heterocycles. The summed E-state index contributed by atoms with van der Waals surface area (Å²) < 4.78 is 0. The van der Waals surface area contributed by atoms with Crippen LogP contribution in [0.25, 0.3) is 0 Å². The second-order valence-corrected chi connectivity index (χ2v) is 6.75. The molecular formula is C15H24N4O9S2. The lowest BCUT2D eigenvalue weighted by atomic mass is 10.1. The molecule has 0 radical (unpaired) electrons. The number of thiol groups is 2. The zero-order chi connectivity index (χ0) is 23.4. The van der Waals surface area contributed by atoms with E-state index in [2.05, 4.69) is 35.9 Å². The summed E-state index contributed by atoms with van der Waals surface area (Å²) in [6, 6.07) is -5.60. The highest BCUT2D eigenvalue weighted by Gasteiger charge is 2.30. The molecule has 0 aromatic rings. The first-order valence-electron chi connectivity index (χ1n) is 8.47. The monoisotopic (exact) mass is 468 g/mol. The number of carbonyl (C=O) groups is 6. The van der Waals surface area contributed by atoms with Crippen molar-refractivity contribution in [2.24, 2.45) is 5.73 Å². The van der Waals surface area contributed by atoms with E-state index in [1.54, 1.807) is 0 Å². The first kappa shape index (κ1) is 27.5. The predicted octanol–water partition coefficient (Wildman–Crippen LogP) is -2.95. The minimum Gasteiger partial charge on any atom is -0.481 e. The predicted molar refractivity (Wildman–Crippen MR) is 108 cm³/mol. The van der Waals surface area contributed by atoms with E-state index in [-0.39, 0.29) is 24.3 Å². The second-order valence-electron chi connectivity index (χ2n) is 6.02. The molecule has 0 aliphatic heterocycles. The smallest absolute Gasteiger partial charge is 0.327 e. The van der Waals surface area contributed by atoms with Gasteiger partial charge in [0.1, 0.15) is 18.1 Å². The van der Waals surface area contributed by atoms with Gasteiger partial charge in [-0.1, -0.05) is 0 Å². The summed E-state index contributed by atoms with van der Waals surface area (Å²) in [6.07, 6.45) is -1.42. The Kier molecular flexibility index (Phi) is 12.5. The molecule has 3 amide bonds. The molecule has 0 spiro atoms. The van der Waals surface area contributed by atoms with Crippen LogP contribution in [0.5, 0.6) is 0 Å². The summed E-state index contributed by atoms with van der Waals surface area (Å²) in [5.41, 5.74) is 5.55. The summed E-state index contributed by atoms with van der Waals surface area (Å²) in [5, 5.41) is 32.9. The maximum atomic E-state index is 12.4. The topological polar surface area (TPSA) is 225 Å². The molecule has 0 saturated heterocycles. The van der Waals surface area contributed by atoms with Crippen molar-refractivity contribution in [1.29, 1.82) is 0 Å². The SMILES string of the molecule is NC(CCC(=O)O)C(=O)NC(CS)C(=O)NC(CC(=O)O)C(=O)NC(CS)C(=O)O. The zero-order valence-corrected chi connectivity index (χ0v) is 17.4. The van der Waals surface area contributed by atoms with E-state index in [1.807, 2.05) is 5.32 Å². The number of nitrogens with one attached hydrogen (secondary N) is 3. The van der Waals surface area contributed by atoms with Crippen LogP contribution >= 0.6 is 25.3 Å². The highest BCUT2D eigenvalue weighted by atomic mass is 32.1. The Morgan fingerprint density at radius 1 is 0.733 bits per heavy atom. The number of amides is 3. The number of nitrogens with two attached hydrogens (primary N) is 1. The normalized spacial score (nSPS) is 14.5. The number of carbonyl (C=O) groups excluding carboxylic acids is 3. The molecule has 4 unspecified atom stereocenters. The molecule has 0 aromatic heterocycles. The van der Waals surface area contributed by atoms with Gasteiger partial charge in [-0.05, 0) is 6.42 Å². The van der Waals surface area contributed by atoms with Crippen LogP contribution in [0.4, 0.5) is 0 Å². The van der Waals surface area contributed by atoms with Crippen LogP contribution in [0, 0.1) is 0 Å². The van der Waals surface area contributed by atoms with E-state index in [0.717, 1.165) is 0 Å². The Bertz CT molecular complexity index is 676. The van der Waals surface area contributed by atoms with Crippen molar-refractivity contribution in [2.45, 2.75) is 43.4 Å². The third-order valence-electron chi connectivity index (χ3n) is 3.63. The average molecular weight is 469 g/mol. The van der Waals surface area contributed by atoms with Crippen molar-refractivity contribution < 1.29 is 44.1 Å². The summed E-state index contributed by atoms with van der Waals surface area (Å²) in [5.74, 6) is -7.43. The second kappa shape index (κ2) is 13.7. The third-order valence-corrected chi connectivity index (χ3v) is 4.36. The molecule has 15 heteroatoms. The van der Waals surface area contributed by atoms with Crippen LogP contribution in [-0.2, 0) is 28.8 Å². The van der Waals surface area contributed by atoms with Crippen LogP contribution < -0.4 is 21.7 Å². The number of carboxylic acids is 3. The number of rotatable bonds is 14. The van der Waals surface area contributed by atoms with Crippen molar-refractivity contribution in [1.82, 2.24) is 16.0 Å². The van der Waals surface area contributed by atoms with E-state index in [4.69, 9.17) is 21.1 Å². The molecule has 0 bridgehead atoms. The van der Waals surface area contributed by atoms with Crippen LogP contribution in [0.3, 0.4) is 0 Å². The highest BCUT2D eigenvalue weighted by molar-refractivity contribution is 7.80. The minimum atomic E-state index is -1.64. The fraction of sp³-hybridized carbons (Fsp3) is 0.600. The third kappa shape index (κ3) is 10.3. The number of hydrogen-bond donors (Lipinski definition) is 9. The van der Waals surface area contributed by atoms with Crippen molar-refractivity contribution in [3.63, 3.8) is 0 Å². The largest absolute Gasteiger partial charge is 0.481 e. The molecule has 0 aromatic carbocycles. The molecule has 0 saturated carbocycles. The lowest BCUT2D eigenvalue weighted by Crippen LogP contribution is -2.58. The van der Waals surface area contributed by atoms with E-state index in [0.29, 0.717) is 0 Å². The van der Waals surface area contributed by atoms with Gasteiger partial charge in [0.05, 0.1) is 12.5 Å². The van der Waals surface area contributed by atoms with Gasteiger partial charge in [-0.25, -0.2) is 4.79 Å². The molecule has 0 aliphatic rings.